The van der Waals surface area contributed by atoms with Crippen LogP contribution in [0.25, 0.3) is 0 Å². The van der Waals surface area contributed by atoms with E-state index in [0.29, 0.717) is 17.5 Å². The molecule has 1 aromatic rings. The second kappa shape index (κ2) is 6.52. The SMILES string of the molecule is CC(C)C(C)N(C)Cc1ccc(C(=O)NN)cc1. The van der Waals surface area contributed by atoms with E-state index in [-0.39, 0.29) is 5.91 Å². The molecule has 0 aliphatic rings. The van der Waals surface area contributed by atoms with Crippen LogP contribution in [0.3, 0.4) is 0 Å². The standard InChI is InChI=1S/C14H23N3O/c1-10(2)11(3)17(4)9-12-5-7-13(8-6-12)14(18)16-15/h5-8,10-11H,9,15H2,1-4H3,(H,16,18). The van der Waals surface area contributed by atoms with Crippen molar-refractivity contribution in [2.75, 3.05) is 7.05 Å². The number of nitrogens with one attached hydrogen (secondary N) is 1. The van der Waals surface area contributed by atoms with Crippen molar-refractivity contribution in [3.05, 3.63) is 35.4 Å². The van der Waals surface area contributed by atoms with E-state index >= 15 is 0 Å². The molecule has 0 aromatic heterocycles. The third kappa shape index (κ3) is 3.82. The number of carbonyl (C=O) groups excluding carboxylic acids is 1. The minimum absolute atomic E-state index is 0.259. The molecular formula is C14H23N3O. The maximum Gasteiger partial charge on any atom is 0.265 e. The normalized spacial score (nSPS) is 12.8. The van der Waals surface area contributed by atoms with Gasteiger partial charge in [-0.25, -0.2) is 5.84 Å². The quantitative estimate of drug-likeness (QED) is 0.475. The Morgan fingerprint density at radius 3 is 2.28 bits per heavy atom. The molecule has 0 heterocycles. The van der Waals surface area contributed by atoms with E-state index < -0.39 is 0 Å². The van der Waals surface area contributed by atoms with Crippen molar-refractivity contribution in [1.29, 1.82) is 0 Å². The highest BCUT2D eigenvalue weighted by Gasteiger charge is 2.13. The zero-order chi connectivity index (χ0) is 13.7. The average molecular weight is 249 g/mol. The molecule has 0 aliphatic carbocycles. The van der Waals surface area contributed by atoms with Crippen LogP contribution in [-0.2, 0) is 6.54 Å². The molecule has 0 radical (unpaired) electrons. The van der Waals surface area contributed by atoms with Gasteiger partial charge in [0, 0.05) is 18.2 Å². The van der Waals surface area contributed by atoms with E-state index in [1.165, 1.54) is 5.56 Å². The Bertz CT molecular complexity index is 387. The number of amides is 1. The Morgan fingerprint density at radius 1 is 1.28 bits per heavy atom. The Morgan fingerprint density at radius 2 is 1.83 bits per heavy atom. The first kappa shape index (κ1) is 14.7. The highest BCUT2D eigenvalue weighted by molar-refractivity contribution is 5.93. The first-order valence-electron chi connectivity index (χ1n) is 6.25. The summed E-state index contributed by atoms with van der Waals surface area (Å²) in [6, 6.07) is 8.05. The summed E-state index contributed by atoms with van der Waals surface area (Å²) in [4.78, 5) is 13.6. The summed E-state index contributed by atoms with van der Waals surface area (Å²) < 4.78 is 0. The number of carbonyl (C=O) groups is 1. The van der Waals surface area contributed by atoms with Crippen molar-refractivity contribution in [3.8, 4) is 0 Å². The molecule has 1 atom stereocenters. The number of nitrogens with zero attached hydrogens (tertiary/aromatic N) is 1. The summed E-state index contributed by atoms with van der Waals surface area (Å²) in [5.74, 6) is 5.45. The third-order valence-corrected chi connectivity index (χ3v) is 3.44. The Kier molecular flexibility index (Phi) is 5.31. The monoisotopic (exact) mass is 249 g/mol. The van der Waals surface area contributed by atoms with Crippen LogP contribution in [0.4, 0.5) is 0 Å². The number of benzene rings is 1. The van der Waals surface area contributed by atoms with Gasteiger partial charge >= 0.3 is 0 Å². The lowest BCUT2D eigenvalue weighted by molar-refractivity contribution is 0.0953. The van der Waals surface area contributed by atoms with Gasteiger partial charge < -0.3 is 0 Å². The summed E-state index contributed by atoms with van der Waals surface area (Å²) in [6.07, 6.45) is 0. The van der Waals surface area contributed by atoms with Gasteiger partial charge in [0.2, 0.25) is 0 Å². The number of rotatable bonds is 5. The second-order valence-electron chi connectivity index (χ2n) is 5.07. The maximum absolute atomic E-state index is 11.3. The number of nitrogen functional groups attached to an aromatic ring is 1. The second-order valence-corrected chi connectivity index (χ2v) is 5.07. The largest absolute Gasteiger partial charge is 0.299 e. The Hall–Kier alpha value is -1.39. The van der Waals surface area contributed by atoms with Crippen LogP contribution in [0.5, 0.6) is 0 Å². The molecular weight excluding hydrogens is 226 g/mol. The van der Waals surface area contributed by atoms with E-state index in [1.54, 1.807) is 12.1 Å². The van der Waals surface area contributed by atoms with Crippen LogP contribution >= 0.6 is 0 Å². The zero-order valence-electron chi connectivity index (χ0n) is 11.6. The van der Waals surface area contributed by atoms with Gasteiger partial charge in [-0.3, -0.25) is 15.1 Å². The van der Waals surface area contributed by atoms with Crippen LogP contribution in [0.15, 0.2) is 24.3 Å². The fourth-order valence-electron chi connectivity index (χ4n) is 1.79. The summed E-state index contributed by atoms with van der Waals surface area (Å²) in [5, 5.41) is 0. The Balaban J connectivity index is 2.66. The van der Waals surface area contributed by atoms with Gasteiger partial charge in [-0.15, -0.1) is 0 Å². The van der Waals surface area contributed by atoms with Gasteiger partial charge in [0.1, 0.15) is 0 Å². The Labute approximate surface area is 109 Å². The lowest BCUT2D eigenvalue weighted by Gasteiger charge is -2.27. The molecule has 0 saturated carbocycles. The molecule has 0 aliphatic heterocycles. The van der Waals surface area contributed by atoms with Gasteiger partial charge in [-0.05, 0) is 37.6 Å². The smallest absolute Gasteiger partial charge is 0.265 e. The van der Waals surface area contributed by atoms with Crippen LogP contribution in [0, 0.1) is 5.92 Å². The molecule has 18 heavy (non-hydrogen) atoms. The van der Waals surface area contributed by atoms with Crippen molar-refractivity contribution in [2.45, 2.75) is 33.4 Å². The van der Waals surface area contributed by atoms with Crippen molar-refractivity contribution in [1.82, 2.24) is 10.3 Å². The predicted octanol–water partition coefficient (Wildman–Crippen LogP) is 1.77. The van der Waals surface area contributed by atoms with Crippen LogP contribution in [-0.4, -0.2) is 23.9 Å². The summed E-state index contributed by atoms with van der Waals surface area (Å²) in [7, 11) is 2.12. The van der Waals surface area contributed by atoms with E-state index in [1.807, 2.05) is 12.1 Å². The molecule has 0 fully saturated rings. The van der Waals surface area contributed by atoms with E-state index in [4.69, 9.17) is 5.84 Å². The highest BCUT2D eigenvalue weighted by atomic mass is 16.2. The third-order valence-electron chi connectivity index (χ3n) is 3.44. The summed E-state index contributed by atoms with van der Waals surface area (Å²) in [6.45, 7) is 7.54. The maximum atomic E-state index is 11.3. The molecule has 4 nitrogen and oxygen atoms in total. The van der Waals surface area contributed by atoms with Crippen molar-refractivity contribution < 1.29 is 4.79 Å². The zero-order valence-corrected chi connectivity index (χ0v) is 11.6. The lowest BCUT2D eigenvalue weighted by Crippen LogP contribution is -2.32. The first-order valence-corrected chi connectivity index (χ1v) is 6.25. The molecule has 1 amide bonds. The molecule has 1 rings (SSSR count). The molecule has 3 N–H and O–H groups in total. The van der Waals surface area contributed by atoms with Gasteiger partial charge in [-0.2, -0.15) is 0 Å². The molecule has 1 aromatic carbocycles. The topological polar surface area (TPSA) is 58.4 Å². The molecule has 0 saturated heterocycles. The van der Waals surface area contributed by atoms with Gasteiger partial charge in [-0.1, -0.05) is 26.0 Å². The molecule has 4 heteroatoms. The van der Waals surface area contributed by atoms with E-state index in [9.17, 15) is 4.79 Å². The molecule has 1 unspecified atom stereocenters. The van der Waals surface area contributed by atoms with Crippen molar-refractivity contribution in [3.63, 3.8) is 0 Å². The molecule has 0 spiro atoms. The van der Waals surface area contributed by atoms with Crippen molar-refractivity contribution in [2.24, 2.45) is 11.8 Å². The summed E-state index contributed by atoms with van der Waals surface area (Å²) >= 11 is 0. The molecule has 100 valence electrons. The number of nitrogens with two attached hydrogens (primary N) is 1. The highest BCUT2D eigenvalue weighted by Crippen LogP contribution is 2.13. The first-order chi connectivity index (χ1) is 8.45. The average Bonchev–Trinajstić information content (AvgIpc) is 2.37. The van der Waals surface area contributed by atoms with E-state index in [0.717, 1.165) is 6.54 Å². The molecule has 0 bridgehead atoms. The van der Waals surface area contributed by atoms with Gasteiger partial charge in [0.15, 0.2) is 0 Å². The minimum atomic E-state index is -0.259. The van der Waals surface area contributed by atoms with Gasteiger partial charge in [0.05, 0.1) is 0 Å². The van der Waals surface area contributed by atoms with Crippen LogP contribution < -0.4 is 11.3 Å². The van der Waals surface area contributed by atoms with Crippen molar-refractivity contribution >= 4 is 5.91 Å². The lowest BCUT2D eigenvalue weighted by atomic mass is 10.0. The predicted molar refractivity (Wildman–Crippen MR) is 73.9 cm³/mol. The van der Waals surface area contributed by atoms with Gasteiger partial charge in [0.25, 0.3) is 5.91 Å². The number of hydrazine groups is 1. The summed E-state index contributed by atoms with van der Waals surface area (Å²) in [5.41, 5.74) is 3.90. The number of hydrogen-bond donors (Lipinski definition) is 2. The van der Waals surface area contributed by atoms with E-state index in [2.05, 4.69) is 38.1 Å². The number of hydrogen-bond acceptors (Lipinski definition) is 3. The van der Waals surface area contributed by atoms with Crippen LogP contribution in [0.1, 0.15) is 36.7 Å². The fraction of sp³-hybridized carbons (Fsp3) is 0.500. The minimum Gasteiger partial charge on any atom is -0.299 e. The van der Waals surface area contributed by atoms with Crippen LogP contribution in [0.2, 0.25) is 0 Å². The fourth-order valence-corrected chi connectivity index (χ4v) is 1.79.